The van der Waals surface area contributed by atoms with Crippen molar-refractivity contribution in [1.82, 2.24) is 0 Å². The van der Waals surface area contributed by atoms with Crippen LogP contribution in [0, 0.1) is 17.8 Å². The summed E-state index contributed by atoms with van der Waals surface area (Å²) in [6, 6.07) is 7.15. The molecule has 0 aromatic heterocycles. The Labute approximate surface area is 151 Å². The van der Waals surface area contributed by atoms with Crippen molar-refractivity contribution >= 4 is 29.2 Å². The Hall–Kier alpha value is -1.85. The van der Waals surface area contributed by atoms with Crippen molar-refractivity contribution < 1.29 is 19.1 Å². The average Bonchev–Trinajstić information content (AvgIpc) is 3.21. The number of anilines is 1. The second kappa shape index (κ2) is 5.85. The third-order valence-electron chi connectivity index (χ3n) is 5.05. The maximum atomic E-state index is 13.1. The van der Waals surface area contributed by atoms with Crippen molar-refractivity contribution in [2.75, 3.05) is 18.1 Å². The predicted octanol–water partition coefficient (Wildman–Crippen LogP) is 2.83. The van der Waals surface area contributed by atoms with E-state index in [0.717, 1.165) is 5.69 Å². The fourth-order valence-corrected chi connectivity index (χ4v) is 4.16. The minimum absolute atomic E-state index is 0.111. The van der Waals surface area contributed by atoms with Crippen molar-refractivity contribution in [2.45, 2.75) is 25.6 Å². The molecule has 3 heterocycles. The molecule has 1 spiro atoms. The number of carbonyl (C=O) groups excluding carboxylic acids is 2. The number of benzene rings is 1. The highest BCUT2D eigenvalue weighted by atomic mass is 35.5. The van der Waals surface area contributed by atoms with Crippen LogP contribution in [0.15, 0.2) is 36.4 Å². The van der Waals surface area contributed by atoms with Gasteiger partial charge in [0.2, 0.25) is 5.91 Å². The Morgan fingerprint density at radius 2 is 2.28 bits per heavy atom. The van der Waals surface area contributed by atoms with Gasteiger partial charge in [-0.1, -0.05) is 43.7 Å². The summed E-state index contributed by atoms with van der Waals surface area (Å²) < 4.78 is 11.5. The molecule has 1 unspecified atom stereocenters. The lowest BCUT2D eigenvalue weighted by Gasteiger charge is -2.23. The first kappa shape index (κ1) is 16.6. The molecular formula is C19H20ClNO4. The molecule has 0 N–H and O–H groups in total. The van der Waals surface area contributed by atoms with Crippen LogP contribution in [0.5, 0.6) is 0 Å². The van der Waals surface area contributed by atoms with E-state index < -0.39 is 17.4 Å². The number of rotatable bonds is 4. The Bertz CT molecular complexity index is 762. The first-order valence-corrected chi connectivity index (χ1v) is 8.90. The van der Waals surface area contributed by atoms with Crippen LogP contribution in [0.25, 0.3) is 0 Å². The lowest BCUT2D eigenvalue weighted by molar-refractivity contribution is -0.153. The Morgan fingerprint density at radius 3 is 3.00 bits per heavy atom. The fourth-order valence-electron chi connectivity index (χ4n) is 3.97. The van der Waals surface area contributed by atoms with E-state index in [1.165, 1.54) is 0 Å². The minimum atomic E-state index is -0.744. The van der Waals surface area contributed by atoms with E-state index in [1.54, 1.807) is 23.1 Å². The third kappa shape index (κ3) is 2.57. The number of halogens is 1. The van der Waals surface area contributed by atoms with E-state index in [0.29, 0.717) is 18.2 Å². The maximum Gasteiger partial charge on any atom is 0.312 e. The summed E-state index contributed by atoms with van der Waals surface area (Å²) in [5.74, 6) is -1.34. The Kier molecular flexibility index (Phi) is 3.89. The van der Waals surface area contributed by atoms with Gasteiger partial charge in [0.25, 0.3) is 0 Å². The van der Waals surface area contributed by atoms with E-state index in [-0.39, 0.29) is 23.9 Å². The summed E-state index contributed by atoms with van der Waals surface area (Å²) in [5, 5.41) is 0.563. The Morgan fingerprint density at radius 1 is 1.48 bits per heavy atom. The molecule has 4 atom stereocenters. The van der Waals surface area contributed by atoms with E-state index >= 15 is 0 Å². The molecule has 3 aliphatic heterocycles. The lowest BCUT2D eigenvalue weighted by atomic mass is 9.77. The quantitative estimate of drug-likeness (QED) is 0.611. The zero-order valence-corrected chi connectivity index (χ0v) is 14.9. The number of nitrogens with zero attached hydrogens (tertiary/aromatic N) is 1. The summed E-state index contributed by atoms with van der Waals surface area (Å²) in [6.45, 7) is 4.69. The standard InChI is InChI=1S/C19H20ClNO4/c1-11(2)9-24-18(23)15-14-6-7-19(25-14)10-21(17(22)16(15)19)13-5-3-4-12(20)8-13/h3-8,11,14-16H,9-10H2,1-2H3/t14-,15?,16+,19-/m1/s1. The molecule has 2 bridgehead atoms. The highest BCUT2D eigenvalue weighted by molar-refractivity contribution is 6.31. The summed E-state index contributed by atoms with van der Waals surface area (Å²) in [5.41, 5.74) is -0.0259. The zero-order valence-electron chi connectivity index (χ0n) is 14.1. The van der Waals surface area contributed by atoms with Crippen LogP contribution in [0.2, 0.25) is 5.02 Å². The lowest BCUT2D eigenvalue weighted by Crippen LogP contribution is -2.40. The van der Waals surface area contributed by atoms with Gasteiger partial charge in [0.05, 0.1) is 25.2 Å². The third-order valence-corrected chi connectivity index (χ3v) is 5.29. The van der Waals surface area contributed by atoms with Crippen LogP contribution in [-0.2, 0) is 19.1 Å². The normalized spacial score (nSPS) is 32.6. The minimum Gasteiger partial charge on any atom is -0.465 e. The topological polar surface area (TPSA) is 55.8 Å². The van der Waals surface area contributed by atoms with Crippen LogP contribution in [-0.4, -0.2) is 36.7 Å². The molecule has 1 aromatic rings. The monoisotopic (exact) mass is 361 g/mol. The van der Waals surface area contributed by atoms with E-state index in [2.05, 4.69) is 0 Å². The van der Waals surface area contributed by atoms with Gasteiger partial charge in [0.15, 0.2) is 0 Å². The smallest absolute Gasteiger partial charge is 0.312 e. The van der Waals surface area contributed by atoms with Gasteiger partial charge in [-0.2, -0.15) is 0 Å². The van der Waals surface area contributed by atoms with E-state index in [4.69, 9.17) is 21.1 Å². The first-order valence-electron chi connectivity index (χ1n) is 8.52. The first-order chi connectivity index (χ1) is 11.9. The zero-order chi connectivity index (χ0) is 17.8. The van der Waals surface area contributed by atoms with Crippen molar-refractivity contribution in [1.29, 1.82) is 0 Å². The van der Waals surface area contributed by atoms with Gasteiger partial charge in [-0.15, -0.1) is 0 Å². The summed E-state index contributed by atoms with van der Waals surface area (Å²) in [4.78, 5) is 27.3. The number of esters is 1. The average molecular weight is 362 g/mol. The number of hydrogen-bond acceptors (Lipinski definition) is 4. The summed E-state index contributed by atoms with van der Waals surface area (Å²) in [6.07, 6.45) is 3.43. The predicted molar refractivity (Wildman–Crippen MR) is 93.3 cm³/mol. The molecular weight excluding hydrogens is 342 g/mol. The highest BCUT2D eigenvalue weighted by Crippen LogP contribution is 2.53. The van der Waals surface area contributed by atoms with Crippen molar-refractivity contribution in [2.24, 2.45) is 17.8 Å². The largest absolute Gasteiger partial charge is 0.465 e. The van der Waals surface area contributed by atoms with Gasteiger partial charge < -0.3 is 14.4 Å². The summed E-state index contributed by atoms with van der Waals surface area (Å²) in [7, 11) is 0. The molecule has 132 valence electrons. The molecule has 4 rings (SSSR count). The number of fused-ring (bicyclic) bond motifs is 1. The molecule has 0 aliphatic carbocycles. The second-order valence-corrected chi connectivity index (χ2v) is 7.76. The van der Waals surface area contributed by atoms with Crippen molar-refractivity contribution in [3.63, 3.8) is 0 Å². The second-order valence-electron chi connectivity index (χ2n) is 7.33. The van der Waals surface area contributed by atoms with E-state index in [9.17, 15) is 9.59 Å². The van der Waals surface area contributed by atoms with Crippen LogP contribution in [0.4, 0.5) is 5.69 Å². The number of amides is 1. The van der Waals surface area contributed by atoms with Crippen molar-refractivity contribution in [3.05, 3.63) is 41.4 Å². The molecule has 6 heteroatoms. The molecule has 0 radical (unpaired) electrons. The molecule has 1 amide bonds. The van der Waals surface area contributed by atoms with Gasteiger partial charge in [0.1, 0.15) is 11.5 Å². The van der Waals surface area contributed by atoms with Crippen LogP contribution < -0.4 is 4.90 Å². The van der Waals surface area contributed by atoms with Gasteiger partial charge >= 0.3 is 5.97 Å². The van der Waals surface area contributed by atoms with Gasteiger partial charge in [-0.05, 0) is 24.1 Å². The number of carbonyl (C=O) groups is 2. The van der Waals surface area contributed by atoms with Crippen LogP contribution in [0.1, 0.15) is 13.8 Å². The summed E-state index contributed by atoms with van der Waals surface area (Å²) >= 11 is 6.06. The van der Waals surface area contributed by atoms with Gasteiger partial charge in [-0.25, -0.2) is 0 Å². The van der Waals surface area contributed by atoms with Gasteiger partial charge in [0, 0.05) is 10.7 Å². The van der Waals surface area contributed by atoms with Crippen LogP contribution >= 0.6 is 11.6 Å². The van der Waals surface area contributed by atoms with E-state index in [1.807, 2.05) is 32.1 Å². The molecule has 5 nitrogen and oxygen atoms in total. The number of hydrogen-bond donors (Lipinski definition) is 0. The molecule has 0 saturated carbocycles. The molecule has 2 saturated heterocycles. The molecule has 3 aliphatic rings. The van der Waals surface area contributed by atoms with Crippen molar-refractivity contribution in [3.8, 4) is 0 Å². The Balaban J connectivity index is 1.62. The fraction of sp³-hybridized carbons (Fsp3) is 0.474. The van der Waals surface area contributed by atoms with Crippen LogP contribution in [0.3, 0.4) is 0 Å². The molecule has 1 aromatic carbocycles. The SMILES string of the molecule is CC(C)COC(=O)C1[C@H]2C(=O)N(c3cccc(Cl)c3)C[C@]23C=C[C@H]1O3. The van der Waals surface area contributed by atoms with Gasteiger partial charge in [-0.3, -0.25) is 9.59 Å². The molecule has 2 fully saturated rings. The highest BCUT2D eigenvalue weighted by Gasteiger charge is 2.67. The molecule has 25 heavy (non-hydrogen) atoms. The maximum absolute atomic E-state index is 13.1. The number of ether oxygens (including phenoxy) is 2.